The van der Waals surface area contributed by atoms with Crippen LogP contribution in [0.3, 0.4) is 0 Å². The molecule has 1 saturated heterocycles. The summed E-state index contributed by atoms with van der Waals surface area (Å²) < 4.78 is 5.68. The molecule has 1 atom stereocenters. The average molecular weight is 417 g/mol. The SMILES string of the molecule is Clc1cccc(Cl)c1Cn1nc(CNC[C@H]2CCCO2)c(-c2ccccc2)n1. The van der Waals surface area contributed by atoms with Crippen molar-refractivity contribution in [3.05, 3.63) is 69.8 Å². The number of nitrogens with one attached hydrogen (secondary N) is 1. The highest BCUT2D eigenvalue weighted by Crippen LogP contribution is 2.26. The first kappa shape index (κ1) is 19.4. The molecule has 1 aliphatic heterocycles. The molecule has 1 aromatic heterocycles. The highest BCUT2D eigenvalue weighted by atomic mass is 35.5. The molecule has 1 N–H and O–H groups in total. The second-order valence-electron chi connectivity index (χ2n) is 6.86. The van der Waals surface area contributed by atoms with E-state index in [1.807, 2.05) is 48.5 Å². The van der Waals surface area contributed by atoms with Gasteiger partial charge in [-0.2, -0.15) is 15.0 Å². The van der Waals surface area contributed by atoms with Crippen molar-refractivity contribution in [3.8, 4) is 11.3 Å². The zero-order valence-electron chi connectivity index (χ0n) is 15.4. The Morgan fingerprint density at radius 3 is 2.54 bits per heavy atom. The molecule has 0 bridgehead atoms. The second kappa shape index (κ2) is 9.05. The molecular weight excluding hydrogens is 395 g/mol. The normalized spacial score (nSPS) is 16.6. The quantitative estimate of drug-likeness (QED) is 0.612. The van der Waals surface area contributed by atoms with E-state index in [1.54, 1.807) is 4.80 Å². The van der Waals surface area contributed by atoms with E-state index >= 15 is 0 Å². The second-order valence-corrected chi connectivity index (χ2v) is 7.67. The van der Waals surface area contributed by atoms with Crippen LogP contribution in [0.2, 0.25) is 10.0 Å². The van der Waals surface area contributed by atoms with Crippen molar-refractivity contribution in [1.82, 2.24) is 20.3 Å². The number of nitrogens with zero attached hydrogens (tertiary/aromatic N) is 3. The molecule has 0 spiro atoms. The largest absolute Gasteiger partial charge is 0.377 e. The molecule has 7 heteroatoms. The van der Waals surface area contributed by atoms with Crippen LogP contribution in [0.15, 0.2) is 48.5 Å². The smallest absolute Gasteiger partial charge is 0.117 e. The minimum atomic E-state index is 0.289. The zero-order chi connectivity index (χ0) is 19.3. The molecule has 5 nitrogen and oxygen atoms in total. The van der Waals surface area contributed by atoms with E-state index in [-0.39, 0.29) is 6.10 Å². The summed E-state index contributed by atoms with van der Waals surface area (Å²) in [5.41, 5.74) is 3.61. The highest BCUT2D eigenvalue weighted by Gasteiger charge is 2.18. The molecule has 2 aromatic carbocycles. The summed E-state index contributed by atoms with van der Waals surface area (Å²) >= 11 is 12.6. The van der Waals surface area contributed by atoms with E-state index < -0.39 is 0 Å². The number of halogens is 2. The number of ether oxygens (including phenoxy) is 1. The number of benzene rings is 2. The lowest BCUT2D eigenvalue weighted by Gasteiger charge is -2.10. The van der Waals surface area contributed by atoms with E-state index in [1.165, 1.54) is 0 Å². The van der Waals surface area contributed by atoms with Gasteiger partial charge in [0.25, 0.3) is 0 Å². The van der Waals surface area contributed by atoms with Gasteiger partial charge in [0.2, 0.25) is 0 Å². The maximum absolute atomic E-state index is 6.32. The van der Waals surface area contributed by atoms with Crippen molar-refractivity contribution in [2.24, 2.45) is 0 Å². The Bertz CT molecular complexity index is 903. The standard InChI is InChI=1S/C21H22Cl2N4O/c22-18-9-4-10-19(23)17(18)14-27-25-20(13-24-12-16-8-5-11-28-16)21(26-27)15-6-2-1-3-7-15/h1-4,6-7,9-10,16,24H,5,8,11-14H2/t16-/m1/s1. The minimum absolute atomic E-state index is 0.289. The Hall–Kier alpha value is -1.92. The van der Waals surface area contributed by atoms with E-state index in [4.69, 9.17) is 38.1 Å². The first-order valence-corrected chi connectivity index (χ1v) is 10.2. The predicted octanol–water partition coefficient (Wildman–Crippen LogP) is 4.57. The van der Waals surface area contributed by atoms with Crippen molar-refractivity contribution >= 4 is 23.2 Å². The van der Waals surface area contributed by atoms with Crippen LogP contribution in [-0.4, -0.2) is 34.2 Å². The van der Waals surface area contributed by atoms with Crippen LogP contribution >= 0.6 is 23.2 Å². The number of rotatable bonds is 7. The van der Waals surface area contributed by atoms with E-state index in [9.17, 15) is 0 Å². The van der Waals surface area contributed by atoms with Crippen molar-refractivity contribution in [2.75, 3.05) is 13.2 Å². The van der Waals surface area contributed by atoms with Gasteiger partial charge in [-0.25, -0.2) is 0 Å². The molecule has 28 heavy (non-hydrogen) atoms. The van der Waals surface area contributed by atoms with E-state index in [0.717, 1.165) is 48.5 Å². The van der Waals surface area contributed by atoms with Gasteiger partial charge < -0.3 is 10.1 Å². The monoisotopic (exact) mass is 416 g/mol. The summed E-state index contributed by atoms with van der Waals surface area (Å²) in [4.78, 5) is 1.67. The maximum atomic E-state index is 6.32. The van der Waals surface area contributed by atoms with E-state index in [2.05, 4.69) is 5.32 Å². The Kier molecular flexibility index (Phi) is 6.27. The summed E-state index contributed by atoms with van der Waals surface area (Å²) in [6, 6.07) is 15.6. The molecule has 0 saturated carbocycles. The maximum Gasteiger partial charge on any atom is 0.117 e. The molecule has 0 aliphatic carbocycles. The third kappa shape index (κ3) is 4.55. The van der Waals surface area contributed by atoms with Crippen LogP contribution in [0.25, 0.3) is 11.3 Å². The zero-order valence-corrected chi connectivity index (χ0v) is 17.0. The first-order valence-electron chi connectivity index (χ1n) is 9.45. The Balaban J connectivity index is 1.56. The highest BCUT2D eigenvalue weighted by molar-refractivity contribution is 6.35. The van der Waals surface area contributed by atoms with E-state index in [0.29, 0.717) is 23.1 Å². The molecule has 146 valence electrons. The third-order valence-corrected chi connectivity index (χ3v) is 5.53. The van der Waals surface area contributed by atoms with Crippen LogP contribution in [-0.2, 0) is 17.8 Å². The Morgan fingerprint density at radius 1 is 1.04 bits per heavy atom. The fraction of sp³-hybridized carbons (Fsp3) is 0.333. The van der Waals surface area contributed by atoms with Gasteiger partial charge >= 0.3 is 0 Å². The summed E-state index contributed by atoms with van der Waals surface area (Å²) in [5, 5.41) is 14.1. The molecule has 0 unspecified atom stereocenters. The average Bonchev–Trinajstić information content (AvgIpc) is 3.36. The number of hydrogen-bond donors (Lipinski definition) is 1. The molecule has 1 fully saturated rings. The fourth-order valence-electron chi connectivity index (χ4n) is 3.37. The lowest BCUT2D eigenvalue weighted by molar-refractivity contribution is 0.110. The van der Waals surface area contributed by atoms with Crippen LogP contribution in [0, 0.1) is 0 Å². The summed E-state index contributed by atoms with van der Waals surface area (Å²) in [5.74, 6) is 0. The van der Waals surface area contributed by atoms with Gasteiger partial charge in [0.15, 0.2) is 0 Å². The minimum Gasteiger partial charge on any atom is -0.377 e. The van der Waals surface area contributed by atoms with Gasteiger partial charge in [-0.1, -0.05) is 59.6 Å². The lowest BCUT2D eigenvalue weighted by atomic mass is 10.1. The topological polar surface area (TPSA) is 52.0 Å². The molecule has 1 aliphatic rings. The first-order chi connectivity index (χ1) is 13.7. The van der Waals surface area contributed by atoms with Crippen LogP contribution in [0.4, 0.5) is 0 Å². The van der Waals surface area contributed by atoms with Crippen LogP contribution in [0.5, 0.6) is 0 Å². The molecular formula is C21H22Cl2N4O. The number of hydrogen-bond acceptors (Lipinski definition) is 4. The summed E-state index contributed by atoms with van der Waals surface area (Å²) in [6.07, 6.45) is 2.53. The van der Waals surface area contributed by atoms with Gasteiger partial charge in [0.1, 0.15) is 11.4 Å². The van der Waals surface area contributed by atoms with Crippen LogP contribution < -0.4 is 5.32 Å². The van der Waals surface area contributed by atoms with Gasteiger partial charge in [0, 0.05) is 40.9 Å². The third-order valence-electron chi connectivity index (χ3n) is 4.82. The van der Waals surface area contributed by atoms with Crippen LogP contribution in [0.1, 0.15) is 24.1 Å². The van der Waals surface area contributed by atoms with Crippen molar-refractivity contribution < 1.29 is 4.74 Å². The lowest BCUT2D eigenvalue weighted by Crippen LogP contribution is -2.26. The van der Waals surface area contributed by atoms with Crippen molar-refractivity contribution in [2.45, 2.75) is 32.0 Å². The van der Waals surface area contributed by atoms with Gasteiger partial charge in [-0.05, 0) is 25.0 Å². The Labute approximate surface area is 174 Å². The van der Waals surface area contributed by atoms with Gasteiger partial charge in [0.05, 0.1) is 12.6 Å². The van der Waals surface area contributed by atoms with Gasteiger partial charge in [-0.15, -0.1) is 0 Å². The molecule has 3 aromatic rings. The Morgan fingerprint density at radius 2 is 1.82 bits per heavy atom. The molecule has 0 radical (unpaired) electrons. The summed E-state index contributed by atoms with van der Waals surface area (Å²) in [7, 11) is 0. The molecule has 0 amide bonds. The fourth-order valence-corrected chi connectivity index (χ4v) is 3.89. The van der Waals surface area contributed by atoms with Crippen molar-refractivity contribution in [1.29, 1.82) is 0 Å². The predicted molar refractivity (Wildman–Crippen MR) is 112 cm³/mol. The molecule has 4 rings (SSSR count). The summed E-state index contributed by atoms with van der Waals surface area (Å²) in [6.45, 7) is 2.72. The molecule has 2 heterocycles. The van der Waals surface area contributed by atoms with Gasteiger partial charge in [-0.3, -0.25) is 0 Å². The van der Waals surface area contributed by atoms with Crippen molar-refractivity contribution in [3.63, 3.8) is 0 Å². The number of aromatic nitrogens is 3.